The Balaban J connectivity index is 1.86. The molecule has 2 heterocycles. The van der Waals surface area contributed by atoms with Crippen LogP contribution in [0.2, 0.25) is 0 Å². The minimum Gasteiger partial charge on any atom is -0.440 e. The van der Waals surface area contributed by atoms with Crippen molar-refractivity contribution in [1.29, 1.82) is 0 Å². The molecule has 1 N–H and O–H groups in total. The number of hydrogen-bond donors (Lipinski definition) is 1. The third kappa shape index (κ3) is 2.68. The first-order valence-electron chi connectivity index (χ1n) is 6.65. The number of nitrogens with one attached hydrogen (secondary N) is 1. The summed E-state index contributed by atoms with van der Waals surface area (Å²) < 4.78 is 12.5. The van der Waals surface area contributed by atoms with Gasteiger partial charge in [-0.2, -0.15) is 0 Å². The van der Waals surface area contributed by atoms with Crippen LogP contribution in [-0.4, -0.2) is 30.8 Å². The molecule has 1 saturated heterocycles. The van der Waals surface area contributed by atoms with Gasteiger partial charge in [-0.05, 0) is 31.2 Å². The average molecular weight is 325 g/mol. The quantitative estimate of drug-likeness (QED) is 0.938. The van der Waals surface area contributed by atoms with Gasteiger partial charge in [-0.15, -0.1) is 0 Å². The fraction of sp³-hybridized carbons (Fsp3) is 0.500. The Bertz CT molecular complexity index is 570. The first-order valence-corrected chi connectivity index (χ1v) is 7.44. The fourth-order valence-corrected chi connectivity index (χ4v) is 2.75. The van der Waals surface area contributed by atoms with Crippen LogP contribution < -0.4 is 5.32 Å². The molecule has 0 saturated carbocycles. The van der Waals surface area contributed by atoms with Crippen LogP contribution in [0.1, 0.15) is 25.2 Å². The van der Waals surface area contributed by atoms with Crippen molar-refractivity contribution >= 4 is 27.0 Å². The molecular weight excluding hydrogens is 308 g/mol. The zero-order chi connectivity index (χ0) is 13.2. The van der Waals surface area contributed by atoms with E-state index < -0.39 is 0 Å². The Kier molecular flexibility index (Phi) is 3.86. The van der Waals surface area contributed by atoms with Crippen molar-refractivity contribution in [2.24, 2.45) is 0 Å². The van der Waals surface area contributed by atoms with Crippen LogP contribution in [0.3, 0.4) is 0 Å². The molecule has 4 nitrogen and oxygen atoms in total. The van der Waals surface area contributed by atoms with Crippen molar-refractivity contribution in [3.63, 3.8) is 0 Å². The van der Waals surface area contributed by atoms with Gasteiger partial charge >= 0.3 is 0 Å². The molecule has 19 heavy (non-hydrogen) atoms. The van der Waals surface area contributed by atoms with Gasteiger partial charge in [-0.25, -0.2) is 4.98 Å². The standard InChI is InChI=1S/C14H17BrN2O2/c1-2-5-16-12-8-18-7-10(12)14-17-11-6-9(15)3-4-13(11)19-14/h3-4,6,10,12,16H,2,5,7-8H2,1H3. The summed E-state index contributed by atoms with van der Waals surface area (Å²) in [5.74, 6) is 0.983. The maximum Gasteiger partial charge on any atom is 0.202 e. The van der Waals surface area contributed by atoms with Crippen LogP contribution in [0.15, 0.2) is 27.1 Å². The van der Waals surface area contributed by atoms with E-state index in [1.54, 1.807) is 0 Å². The lowest BCUT2D eigenvalue weighted by atomic mass is 10.0. The number of ether oxygens (including phenoxy) is 1. The molecule has 5 heteroatoms. The van der Waals surface area contributed by atoms with Crippen LogP contribution in [-0.2, 0) is 4.74 Å². The molecule has 1 fully saturated rings. The van der Waals surface area contributed by atoms with E-state index in [9.17, 15) is 0 Å². The summed E-state index contributed by atoms with van der Waals surface area (Å²) in [5, 5.41) is 3.50. The van der Waals surface area contributed by atoms with E-state index in [0.717, 1.165) is 41.0 Å². The Labute approximate surface area is 120 Å². The zero-order valence-electron chi connectivity index (χ0n) is 10.9. The molecule has 1 aromatic heterocycles. The highest BCUT2D eigenvalue weighted by molar-refractivity contribution is 9.10. The van der Waals surface area contributed by atoms with Crippen molar-refractivity contribution in [3.05, 3.63) is 28.6 Å². The predicted octanol–water partition coefficient (Wildman–Crippen LogP) is 3.07. The van der Waals surface area contributed by atoms with Crippen molar-refractivity contribution in [1.82, 2.24) is 10.3 Å². The molecular formula is C14H17BrN2O2. The molecule has 2 unspecified atom stereocenters. The highest BCUT2D eigenvalue weighted by atomic mass is 79.9. The molecule has 2 atom stereocenters. The second-order valence-electron chi connectivity index (χ2n) is 4.87. The highest BCUT2D eigenvalue weighted by Crippen LogP contribution is 2.29. The first kappa shape index (κ1) is 13.1. The van der Waals surface area contributed by atoms with Crippen LogP contribution in [0, 0.1) is 0 Å². The van der Waals surface area contributed by atoms with Gasteiger partial charge in [-0.1, -0.05) is 22.9 Å². The van der Waals surface area contributed by atoms with Crippen molar-refractivity contribution in [2.45, 2.75) is 25.3 Å². The summed E-state index contributed by atoms with van der Waals surface area (Å²) in [5.41, 5.74) is 1.73. The molecule has 2 aromatic rings. The zero-order valence-corrected chi connectivity index (χ0v) is 12.4. The number of halogens is 1. The minimum absolute atomic E-state index is 0.206. The molecule has 1 aliphatic rings. The van der Waals surface area contributed by atoms with Gasteiger partial charge in [0.1, 0.15) is 5.52 Å². The van der Waals surface area contributed by atoms with Gasteiger partial charge in [0.25, 0.3) is 0 Å². The lowest BCUT2D eigenvalue weighted by Crippen LogP contribution is -2.34. The van der Waals surface area contributed by atoms with E-state index in [1.165, 1.54) is 0 Å². The fourth-order valence-electron chi connectivity index (χ4n) is 2.41. The Morgan fingerprint density at radius 2 is 2.32 bits per heavy atom. The second kappa shape index (κ2) is 5.61. The van der Waals surface area contributed by atoms with E-state index in [-0.39, 0.29) is 5.92 Å². The lowest BCUT2D eigenvalue weighted by molar-refractivity contribution is 0.186. The van der Waals surface area contributed by atoms with E-state index in [0.29, 0.717) is 12.6 Å². The maximum atomic E-state index is 5.87. The summed E-state index contributed by atoms with van der Waals surface area (Å²) in [7, 11) is 0. The van der Waals surface area contributed by atoms with Crippen LogP contribution in [0.5, 0.6) is 0 Å². The largest absolute Gasteiger partial charge is 0.440 e. The summed E-state index contributed by atoms with van der Waals surface area (Å²) in [6.07, 6.45) is 1.11. The van der Waals surface area contributed by atoms with E-state index in [2.05, 4.69) is 33.2 Å². The number of benzene rings is 1. The molecule has 0 bridgehead atoms. The summed E-state index contributed by atoms with van der Waals surface area (Å²) in [4.78, 5) is 4.60. The third-order valence-electron chi connectivity index (χ3n) is 3.42. The van der Waals surface area contributed by atoms with Crippen molar-refractivity contribution in [2.75, 3.05) is 19.8 Å². The Hall–Kier alpha value is -0.910. The SMILES string of the molecule is CCCNC1COCC1c1nc2cc(Br)ccc2o1. The smallest absolute Gasteiger partial charge is 0.202 e. The topological polar surface area (TPSA) is 47.3 Å². The number of hydrogen-bond acceptors (Lipinski definition) is 4. The molecule has 0 radical (unpaired) electrons. The Morgan fingerprint density at radius 1 is 1.42 bits per heavy atom. The summed E-state index contributed by atoms with van der Waals surface area (Å²) in [6.45, 7) is 4.56. The molecule has 0 spiro atoms. The van der Waals surface area contributed by atoms with Gasteiger partial charge in [0, 0.05) is 10.5 Å². The van der Waals surface area contributed by atoms with E-state index >= 15 is 0 Å². The highest BCUT2D eigenvalue weighted by Gasteiger charge is 2.32. The minimum atomic E-state index is 0.206. The number of oxazole rings is 1. The monoisotopic (exact) mass is 324 g/mol. The molecule has 1 aliphatic heterocycles. The second-order valence-corrected chi connectivity index (χ2v) is 5.78. The van der Waals surface area contributed by atoms with Gasteiger partial charge in [-0.3, -0.25) is 0 Å². The van der Waals surface area contributed by atoms with Crippen LogP contribution in [0.4, 0.5) is 0 Å². The van der Waals surface area contributed by atoms with Gasteiger partial charge in [0.05, 0.1) is 19.1 Å². The third-order valence-corrected chi connectivity index (χ3v) is 3.91. The summed E-state index contributed by atoms with van der Waals surface area (Å²) in [6, 6.07) is 6.19. The maximum absolute atomic E-state index is 5.87. The number of nitrogens with zero attached hydrogens (tertiary/aromatic N) is 1. The summed E-state index contributed by atoms with van der Waals surface area (Å²) >= 11 is 3.45. The number of rotatable bonds is 4. The van der Waals surface area contributed by atoms with Gasteiger partial charge in [0.2, 0.25) is 5.89 Å². The van der Waals surface area contributed by atoms with Crippen LogP contribution in [0.25, 0.3) is 11.1 Å². The Morgan fingerprint density at radius 3 is 3.16 bits per heavy atom. The normalized spacial score (nSPS) is 23.3. The van der Waals surface area contributed by atoms with E-state index in [1.807, 2.05) is 18.2 Å². The van der Waals surface area contributed by atoms with Gasteiger partial charge < -0.3 is 14.5 Å². The molecule has 0 amide bonds. The average Bonchev–Trinajstić information content (AvgIpc) is 3.01. The van der Waals surface area contributed by atoms with E-state index in [4.69, 9.17) is 9.15 Å². The number of aromatic nitrogens is 1. The molecule has 102 valence electrons. The lowest BCUT2D eigenvalue weighted by Gasteiger charge is -2.15. The molecule has 3 rings (SSSR count). The number of fused-ring (bicyclic) bond motifs is 1. The molecule has 0 aliphatic carbocycles. The first-order chi connectivity index (χ1) is 9.28. The molecule has 1 aromatic carbocycles. The van der Waals surface area contributed by atoms with Crippen molar-refractivity contribution < 1.29 is 9.15 Å². The van der Waals surface area contributed by atoms with Crippen LogP contribution >= 0.6 is 15.9 Å². The predicted molar refractivity (Wildman–Crippen MR) is 77.4 cm³/mol. The van der Waals surface area contributed by atoms with Gasteiger partial charge in [0.15, 0.2) is 5.58 Å². The van der Waals surface area contributed by atoms with Crippen molar-refractivity contribution in [3.8, 4) is 0 Å².